The zero-order valence-corrected chi connectivity index (χ0v) is 10.2. The van der Waals surface area contributed by atoms with Crippen LogP contribution in [0, 0.1) is 0 Å². The Morgan fingerprint density at radius 1 is 1.33 bits per heavy atom. The largest absolute Gasteiger partial charge is 0.385 e. The lowest BCUT2D eigenvalue weighted by molar-refractivity contribution is -0.0470. The molecule has 0 amide bonds. The van der Waals surface area contributed by atoms with E-state index in [1.54, 1.807) is 7.11 Å². The smallest absolute Gasteiger partial charge is 0.129 e. The van der Waals surface area contributed by atoms with Gasteiger partial charge in [-0.15, -0.1) is 0 Å². The summed E-state index contributed by atoms with van der Waals surface area (Å²) in [5, 5.41) is 0. The lowest BCUT2D eigenvalue weighted by Crippen LogP contribution is -2.50. The third-order valence-corrected chi connectivity index (χ3v) is 2.61. The molecule has 1 aliphatic heterocycles. The molecule has 1 aliphatic rings. The molecule has 15 heavy (non-hydrogen) atoms. The van der Waals surface area contributed by atoms with Crippen molar-refractivity contribution in [3.8, 4) is 0 Å². The average Bonchev–Trinajstić information content (AvgIpc) is 2.16. The fourth-order valence-corrected chi connectivity index (χ4v) is 1.73. The topological polar surface area (TPSA) is 56.8 Å². The molecule has 0 aliphatic carbocycles. The van der Waals surface area contributed by atoms with E-state index in [1.807, 2.05) is 20.8 Å². The van der Waals surface area contributed by atoms with Crippen molar-refractivity contribution < 1.29 is 9.47 Å². The van der Waals surface area contributed by atoms with Gasteiger partial charge in [-0.3, -0.25) is 4.99 Å². The maximum atomic E-state index is 6.05. The van der Waals surface area contributed by atoms with Crippen molar-refractivity contribution in [3.05, 3.63) is 0 Å². The Kier molecular flexibility index (Phi) is 3.73. The van der Waals surface area contributed by atoms with Gasteiger partial charge in [-0.1, -0.05) is 0 Å². The summed E-state index contributed by atoms with van der Waals surface area (Å²) in [4.78, 5) is 4.49. The number of ether oxygens (including phenoxy) is 2. The Labute approximate surface area is 91.8 Å². The summed E-state index contributed by atoms with van der Waals surface area (Å²) in [6.45, 7) is 7.47. The fourth-order valence-electron chi connectivity index (χ4n) is 1.73. The molecule has 4 nitrogen and oxygen atoms in total. The second-order valence-corrected chi connectivity index (χ2v) is 4.98. The van der Waals surface area contributed by atoms with Crippen LogP contribution in [-0.2, 0) is 9.47 Å². The third kappa shape index (κ3) is 3.18. The van der Waals surface area contributed by atoms with E-state index >= 15 is 0 Å². The predicted molar refractivity (Wildman–Crippen MR) is 61.2 cm³/mol. The minimum absolute atomic E-state index is 0.159. The number of nitrogens with two attached hydrogens (primary N) is 1. The maximum absolute atomic E-state index is 6.05. The molecule has 0 atom stereocenters. The van der Waals surface area contributed by atoms with Gasteiger partial charge in [0.25, 0.3) is 0 Å². The highest BCUT2D eigenvalue weighted by Gasteiger charge is 2.37. The number of rotatable bonds is 2. The van der Waals surface area contributed by atoms with E-state index in [2.05, 4.69) is 4.99 Å². The number of hydrogen-bond acceptors (Lipinski definition) is 3. The van der Waals surface area contributed by atoms with E-state index in [-0.39, 0.29) is 5.54 Å². The van der Waals surface area contributed by atoms with Crippen LogP contribution in [0.4, 0.5) is 0 Å². The second kappa shape index (κ2) is 4.49. The average molecular weight is 214 g/mol. The quantitative estimate of drug-likeness (QED) is 0.557. The van der Waals surface area contributed by atoms with E-state index in [4.69, 9.17) is 15.2 Å². The summed E-state index contributed by atoms with van der Waals surface area (Å²) in [6, 6.07) is 0. The molecule has 0 radical (unpaired) electrons. The van der Waals surface area contributed by atoms with Gasteiger partial charge in [0.1, 0.15) is 11.4 Å². The molecular formula is C11H22N2O2. The molecule has 0 saturated carbocycles. The van der Waals surface area contributed by atoms with Crippen molar-refractivity contribution in [1.29, 1.82) is 0 Å². The molecule has 1 heterocycles. The van der Waals surface area contributed by atoms with E-state index < -0.39 is 5.60 Å². The Balaban J connectivity index is 2.85. The molecule has 1 fully saturated rings. The molecule has 1 rings (SSSR count). The van der Waals surface area contributed by atoms with Crippen LogP contribution in [0.25, 0.3) is 0 Å². The first-order chi connectivity index (χ1) is 6.90. The highest BCUT2D eigenvalue weighted by molar-refractivity contribution is 5.89. The number of hydrogen-bond donors (Lipinski definition) is 1. The van der Waals surface area contributed by atoms with Crippen LogP contribution in [0.1, 0.15) is 33.6 Å². The number of aliphatic imine (C=N–C) groups is 1. The van der Waals surface area contributed by atoms with Gasteiger partial charge in [-0.25, -0.2) is 0 Å². The molecule has 4 heteroatoms. The van der Waals surface area contributed by atoms with Crippen LogP contribution >= 0.6 is 0 Å². The van der Waals surface area contributed by atoms with E-state index in [9.17, 15) is 0 Å². The van der Waals surface area contributed by atoms with Gasteiger partial charge in [0.15, 0.2) is 0 Å². The second-order valence-electron chi connectivity index (χ2n) is 4.98. The molecule has 0 unspecified atom stereocenters. The Morgan fingerprint density at radius 2 is 1.87 bits per heavy atom. The van der Waals surface area contributed by atoms with Crippen molar-refractivity contribution in [2.45, 2.75) is 44.8 Å². The van der Waals surface area contributed by atoms with Gasteiger partial charge >= 0.3 is 0 Å². The van der Waals surface area contributed by atoms with Gasteiger partial charge in [0, 0.05) is 33.2 Å². The highest BCUT2D eigenvalue weighted by atomic mass is 16.5. The van der Waals surface area contributed by atoms with Crippen molar-refractivity contribution in [3.63, 3.8) is 0 Å². The van der Waals surface area contributed by atoms with Crippen molar-refractivity contribution in [2.24, 2.45) is 10.7 Å². The number of nitrogens with zero attached hydrogens (tertiary/aromatic N) is 1. The molecule has 0 aromatic carbocycles. The first kappa shape index (κ1) is 12.5. The molecule has 0 aromatic rings. The van der Waals surface area contributed by atoms with Gasteiger partial charge in [-0.2, -0.15) is 0 Å². The van der Waals surface area contributed by atoms with Crippen LogP contribution in [0.2, 0.25) is 0 Å². The Bertz CT molecular complexity index is 237. The fraction of sp³-hybridized carbons (Fsp3) is 0.909. The molecule has 1 saturated heterocycles. The van der Waals surface area contributed by atoms with E-state index in [0.29, 0.717) is 19.0 Å². The van der Waals surface area contributed by atoms with Gasteiger partial charge < -0.3 is 15.2 Å². The first-order valence-corrected chi connectivity index (χ1v) is 5.38. The first-order valence-electron chi connectivity index (χ1n) is 5.38. The lowest BCUT2D eigenvalue weighted by Gasteiger charge is -2.36. The molecule has 88 valence electrons. The zero-order chi connectivity index (χ0) is 11.5. The summed E-state index contributed by atoms with van der Waals surface area (Å²) >= 11 is 0. The van der Waals surface area contributed by atoms with E-state index in [1.165, 1.54) is 0 Å². The lowest BCUT2D eigenvalue weighted by atomic mass is 9.92. The minimum atomic E-state index is -0.411. The van der Waals surface area contributed by atoms with Gasteiger partial charge in [-0.05, 0) is 20.8 Å². The van der Waals surface area contributed by atoms with Crippen LogP contribution in [-0.4, -0.2) is 37.3 Å². The normalized spacial score (nSPS) is 22.8. The summed E-state index contributed by atoms with van der Waals surface area (Å²) in [7, 11) is 1.69. The van der Waals surface area contributed by atoms with Crippen LogP contribution in [0.15, 0.2) is 4.99 Å². The molecule has 0 bridgehead atoms. The zero-order valence-electron chi connectivity index (χ0n) is 10.2. The summed E-state index contributed by atoms with van der Waals surface area (Å²) in [5.74, 6) is 0.598. The Morgan fingerprint density at radius 3 is 2.27 bits per heavy atom. The van der Waals surface area contributed by atoms with Crippen LogP contribution in [0.3, 0.4) is 0 Å². The standard InChI is InChI=1S/C11H22N2O2/c1-10(2,3)13-9(12)11(14-4)5-7-15-8-6-11/h5-8H2,1-4H3,(H2,12,13). The minimum Gasteiger partial charge on any atom is -0.385 e. The summed E-state index contributed by atoms with van der Waals surface area (Å²) < 4.78 is 10.9. The monoisotopic (exact) mass is 214 g/mol. The van der Waals surface area contributed by atoms with Crippen molar-refractivity contribution in [2.75, 3.05) is 20.3 Å². The summed E-state index contributed by atoms with van der Waals surface area (Å²) in [5.41, 5.74) is 5.48. The van der Waals surface area contributed by atoms with Crippen LogP contribution < -0.4 is 5.73 Å². The molecule has 0 spiro atoms. The van der Waals surface area contributed by atoms with Crippen molar-refractivity contribution >= 4 is 5.84 Å². The molecule has 0 aromatic heterocycles. The summed E-state index contributed by atoms with van der Waals surface area (Å²) in [6.07, 6.45) is 1.57. The highest BCUT2D eigenvalue weighted by Crippen LogP contribution is 2.25. The molecule has 2 N–H and O–H groups in total. The van der Waals surface area contributed by atoms with Gasteiger partial charge in [0.05, 0.1) is 5.54 Å². The molecular weight excluding hydrogens is 192 g/mol. The van der Waals surface area contributed by atoms with Gasteiger partial charge in [0.2, 0.25) is 0 Å². The maximum Gasteiger partial charge on any atom is 0.129 e. The van der Waals surface area contributed by atoms with E-state index in [0.717, 1.165) is 12.8 Å². The number of amidine groups is 1. The predicted octanol–water partition coefficient (Wildman–Crippen LogP) is 1.34. The third-order valence-electron chi connectivity index (χ3n) is 2.61. The Hall–Kier alpha value is -0.610. The van der Waals surface area contributed by atoms with Crippen molar-refractivity contribution in [1.82, 2.24) is 0 Å². The number of methoxy groups -OCH3 is 1. The SMILES string of the molecule is COC1(C(N)=NC(C)(C)C)CCOCC1. The van der Waals surface area contributed by atoms with Crippen LogP contribution in [0.5, 0.6) is 0 Å².